The van der Waals surface area contributed by atoms with E-state index in [1.165, 1.54) is 4.90 Å². The Hall–Kier alpha value is -4.06. The maximum Gasteiger partial charge on any atom is 0.278 e. The number of methoxy groups -OCH3 is 2. The van der Waals surface area contributed by atoms with Crippen molar-refractivity contribution in [2.24, 2.45) is 0 Å². The molecule has 0 saturated carbocycles. The molecule has 0 aliphatic carbocycles. The van der Waals surface area contributed by atoms with E-state index in [1.807, 2.05) is 78.6 Å². The molecule has 1 heterocycles. The molecule has 4 rings (SSSR count). The summed E-state index contributed by atoms with van der Waals surface area (Å²) in [5, 5.41) is 0. The number of amides is 2. The van der Waals surface area contributed by atoms with Gasteiger partial charge >= 0.3 is 0 Å². The third-order valence-electron chi connectivity index (χ3n) is 5.91. The van der Waals surface area contributed by atoms with Gasteiger partial charge in [-0.15, -0.1) is 0 Å². The van der Waals surface area contributed by atoms with Crippen LogP contribution in [0.2, 0.25) is 0 Å². The standard InChI is InChI=1S/C28H28N2O4/c1-4-29(18-20-11-7-5-8-12-20)26-25(22-13-9-6-10-14-22)27(31)30(28(26)32)19-21-15-16-23(33-2)24(17-21)34-3/h5-17H,4,18-19H2,1-3H3. The first-order valence-corrected chi connectivity index (χ1v) is 11.2. The van der Waals surface area contributed by atoms with Crippen LogP contribution in [0.5, 0.6) is 11.5 Å². The predicted molar refractivity (Wildman–Crippen MR) is 131 cm³/mol. The Labute approximate surface area is 200 Å². The maximum absolute atomic E-state index is 13.7. The van der Waals surface area contributed by atoms with Crippen LogP contribution in [0, 0.1) is 0 Å². The van der Waals surface area contributed by atoms with Crippen molar-refractivity contribution in [1.82, 2.24) is 9.80 Å². The van der Waals surface area contributed by atoms with Crippen molar-refractivity contribution in [3.8, 4) is 11.5 Å². The average Bonchev–Trinajstić information content (AvgIpc) is 3.13. The van der Waals surface area contributed by atoms with Gasteiger partial charge in [0.25, 0.3) is 11.8 Å². The first-order valence-electron chi connectivity index (χ1n) is 11.2. The molecule has 0 aromatic heterocycles. The number of hydrogen-bond acceptors (Lipinski definition) is 5. The zero-order chi connectivity index (χ0) is 24.1. The lowest BCUT2D eigenvalue weighted by Crippen LogP contribution is -2.34. The van der Waals surface area contributed by atoms with Gasteiger partial charge in [-0.2, -0.15) is 0 Å². The number of hydrogen-bond donors (Lipinski definition) is 0. The van der Waals surface area contributed by atoms with Crippen LogP contribution in [-0.2, 0) is 22.7 Å². The van der Waals surface area contributed by atoms with Crippen LogP contribution in [0.15, 0.2) is 84.6 Å². The fourth-order valence-corrected chi connectivity index (χ4v) is 4.18. The summed E-state index contributed by atoms with van der Waals surface area (Å²) in [7, 11) is 3.13. The maximum atomic E-state index is 13.7. The highest BCUT2D eigenvalue weighted by Gasteiger charge is 2.41. The summed E-state index contributed by atoms with van der Waals surface area (Å²) >= 11 is 0. The Bertz CT molecular complexity index is 1210. The Morgan fingerprint density at radius 1 is 0.765 bits per heavy atom. The fraction of sp³-hybridized carbons (Fsp3) is 0.214. The van der Waals surface area contributed by atoms with E-state index in [1.54, 1.807) is 26.4 Å². The molecule has 0 saturated heterocycles. The molecule has 0 atom stereocenters. The van der Waals surface area contributed by atoms with Crippen molar-refractivity contribution in [2.45, 2.75) is 20.0 Å². The quantitative estimate of drug-likeness (QED) is 0.444. The highest BCUT2D eigenvalue weighted by Crippen LogP contribution is 2.34. The molecule has 1 aliphatic rings. The molecular weight excluding hydrogens is 428 g/mol. The Morgan fingerprint density at radius 3 is 2.03 bits per heavy atom. The van der Waals surface area contributed by atoms with E-state index in [2.05, 4.69) is 0 Å². The number of ether oxygens (including phenoxy) is 2. The lowest BCUT2D eigenvalue weighted by atomic mass is 10.0. The molecule has 174 valence electrons. The van der Waals surface area contributed by atoms with Crippen LogP contribution in [0.25, 0.3) is 5.57 Å². The SMILES string of the molecule is CCN(Cc1ccccc1)C1=C(c2ccccc2)C(=O)N(Cc2ccc(OC)c(OC)c2)C1=O. The molecule has 3 aromatic carbocycles. The van der Waals surface area contributed by atoms with E-state index in [-0.39, 0.29) is 18.4 Å². The largest absolute Gasteiger partial charge is 0.493 e. The Kier molecular flexibility index (Phi) is 6.97. The number of nitrogens with zero attached hydrogens (tertiary/aromatic N) is 2. The zero-order valence-corrected chi connectivity index (χ0v) is 19.7. The Balaban J connectivity index is 1.72. The van der Waals surface area contributed by atoms with Gasteiger partial charge in [0.05, 0.1) is 26.3 Å². The van der Waals surface area contributed by atoms with E-state index in [9.17, 15) is 9.59 Å². The van der Waals surface area contributed by atoms with Crippen LogP contribution in [0.3, 0.4) is 0 Å². The van der Waals surface area contributed by atoms with Gasteiger partial charge in [-0.05, 0) is 35.7 Å². The van der Waals surface area contributed by atoms with Crippen molar-refractivity contribution in [3.63, 3.8) is 0 Å². The van der Waals surface area contributed by atoms with Gasteiger partial charge in [0.1, 0.15) is 5.70 Å². The highest BCUT2D eigenvalue weighted by molar-refractivity contribution is 6.35. The number of carbonyl (C=O) groups excluding carboxylic acids is 2. The summed E-state index contributed by atoms with van der Waals surface area (Å²) in [5.74, 6) is 0.549. The summed E-state index contributed by atoms with van der Waals surface area (Å²) in [5.41, 5.74) is 3.45. The van der Waals surface area contributed by atoms with Gasteiger partial charge in [0.2, 0.25) is 0 Å². The summed E-state index contributed by atoms with van der Waals surface area (Å²) in [6.07, 6.45) is 0. The summed E-state index contributed by atoms with van der Waals surface area (Å²) in [6, 6.07) is 24.8. The molecule has 0 radical (unpaired) electrons. The van der Waals surface area contributed by atoms with Gasteiger partial charge in [-0.25, -0.2) is 0 Å². The van der Waals surface area contributed by atoms with Crippen LogP contribution in [0.1, 0.15) is 23.6 Å². The van der Waals surface area contributed by atoms with Crippen LogP contribution in [-0.4, -0.2) is 42.4 Å². The van der Waals surface area contributed by atoms with E-state index >= 15 is 0 Å². The lowest BCUT2D eigenvalue weighted by molar-refractivity contribution is -0.138. The topological polar surface area (TPSA) is 59.1 Å². The van der Waals surface area contributed by atoms with Crippen molar-refractivity contribution >= 4 is 17.4 Å². The van der Waals surface area contributed by atoms with Crippen LogP contribution < -0.4 is 9.47 Å². The molecular formula is C28H28N2O4. The number of rotatable bonds is 9. The molecule has 0 N–H and O–H groups in total. The predicted octanol–water partition coefficient (Wildman–Crippen LogP) is 4.51. The third kappa shape index (κ3) is 4.53. The number of likely N-dealkylation sites (N-methyl/N-ethyl adjacent to an activating group) is 1. The first kappa shape index (κ1) is 23.1. The molecule has 1 aliphatic heterocycles. The molecule has 0 unspecified atom stereocenters. The second-order valence-electron chi connectivity index (χ2n) is 7.98. The minimum Gasteiger partial charge on any atom is -0.493 e. The summed E-state index contributed by atoms with van der Waals surface area (Å²) in [6.45, 7) is 3.25. The number of carbonyl (C=O) groups is 2. The molecule has 3 aromatic rings. The second-order valence-corrected chi connectivity index (χ2v) is 7.98. The molecule has 2 amide bonds. The minimum absolute atomic E-state index is 0.140. The normalized spacial score (nSPS) is 13.4. The lowest BCUT2D eigenvalue weighted by Gasteiger charge is -2.25. The molecule has 0 fully saturated rings. The monoisotopic (exact) mass is 456 g/mol. The van der Waals surface area contributed by atoms with Gasteiger partial charge in [-0.1, -0.05) is 66.7 Å². The smallest absolute Gasteiger partial charge is 0.278 e. The second kappa shape index (κ2) is 10.3. The molecule has 0 bridgehead atoms. The van der Waals surface area contributed by atoms with Gasteiger partial charge < -0.3 is 14.4 Å². The van der Waals surface area contributed by atoms with E-state index in [0.29, 0.717) is 35.9 Å². The molecule has 6 nitrogen and oxygen atoms in total. The number of imide groups is 1. The average molecular weight is 457 g/mol. The summed E-state index contributed by atoms with van der Waals surface area (Å²) in [4.78, 5) is 30.7. The highest BCUT2D eigenvalue weighted by atomic mass is 16.5. The van der Waals surface area contributed by atoms with Gasteiger partial charge in [-0.3, -0.25) is 14.5 Å². The van der Waals surface area contributed by atoms with E-state index in [4.69, 9.17) is 9.47 Å². The Morgan fingerprint density at radius 2 is 1.41 bits per heavy atom. The minimum atomic E-state index is -0.299. The first-order chi connectivity index (χ1) is 16.6. The summed E-state index contributed by atoms with van der Waals surface area (Å²) < 4.78 is 10.7. The van der Waals surface area contributed by atoms with Crippen molar-refractivity contribution < 1.29 is 19.1 Å². The van der Waals surface area contributed by atoms with E-state index in [0.717, 1.165) is 16.7 Å². The molecule has 0 spiro atoms. The van der Waals surface area contributed by atoms with Crippen LogP contribution in [0.4, 0.5) is 0 Å². The van der Waals surface area contributed by atoms with Crippen LogP contribution >= 0.6 is 0 Å². The zero-order valence-electron chi connectivity index (χ0n) is 19.7. The molecule has 6 heteroatoms. The molecule has 34 heavy (non-hydrogen) atoms. The van der Waals surface area contributed by atoms with Gasteiger partial charge in [0.15, 0.2) is 11.5 Å². The van der Waals surface area contributed by atoms with E-state index < -0.39 is 0 Å². The van der Waals surface area contributed by atoms with Crippen molar-refractivity contribution in [3.05, 3.63) is 101 Å². The van der Waals surface area contributed by atoms with Gasteiger partial charge in [0, 0.05) is 13.1 Å². The van der Waals surface area contributed by atoms with Crippen molar-refractivity contribution in [1.29, 1.82) is 0 Å². The number of benzene rings is 3. The van der Waals surface area contributed by atoms with Crippen molar-refractivity contribution in [2.75, 3.05) is 20.8 Å². The fourth-order valence-electron chi connectivity index (χ4n) is 4.18. The third-order valence-corrected chi connectivity index (χ3v) is 5.91.